The SMILES string of the molecule is CC(C)CNCc1cc(N2CC=CCC2)ncc1Cl. The lowest BCUT2D eigenvalue weighted by molar-refractivity contribution is 0.552. The van der Waals surface area contributed by atoms with Crippen molar-refractivity contribution in [2.75, 3.05) is 24.5 Å². The lowest BCUT2D eigenvalue weighted by Gasteiger charge is -2.25. The molecule has 4 heteroatoms. The number of nitrogens with one attached hydrogen (secondary N) is 1. The van der Waals surface area contributed by atoms with Crippen LogP contribution in [0.15, 0.2) is 24.4 Å². The maximum atomic E-state index is 6.22. The largest absolute Gasteiger partial charge is 0.353 e. The van der Waals surface area contributed by atoms with E-state index in [0.29, 0.717) is 5.92 Å². The molecule has 2 rings (SSSR count). The third-order valence-corrected chi connectivity index (χ3v) is 3.51. The average molecular weight is 280 g/mol. The standard InChI is InChI=1S/C15H22ClN3/c1-12(2)9-17-10-13-8-15(18-11-14(13)16)19-6-4-3-5-7-19/h3-4,8,11-12,17H,5-7,9-10H2,1-2H3. The Hall–Kier alpha value is -1.06. The third-order valence-electron chi connectivity index (χ3n) is 3.17. The summed E-state index contributed by atoms with van der Waals surface area (Å²) in [6.45, 7) is 8.17. The highest BCUT2D eigenvalue weighted by Gasteiger charge is 2.11. The first kappa shape index (κ1) is 14.4. The van der Waals surface area contributed by atoms with E-state index in [1.807, 2.05) is 0 Å². The number of aromatic nitrogens is 1. The summed E-state index contributed by atoms with van der Waals surface area (Å²) in [5.41, 5.74) is 1.13. The van der Waals surface area contributed by atoms with Crippen molar-refractivity contribution in [1.82, 2.24) is 10.3 Å². The molecule has 1 N–H and O–H groups in total. The summed E-state index contributed by atoms with van der Waals surface area (Å²) < 4.78 is 0. The molecule has 2 heterocycles. The van der Waals surface area contributed by atoms with Crippen molar-refractivity contribution in [1.29, 1.82) is 0 Å². The number of hydrogen-bond acceptors (Lipinski definition) is 3. The predicted octanol–water partition coefficient (Wildman–Crippen LogP) is 3.25. The maximum Gasteiger partial charge on any atom is 0.129 e. The van der Waals surface area contributed by atoms with Gasteiger partial charge in [0.1, 0.15) is 5.82 Å². The van der Waals surface area contributed by atoms with Crippen molar-refractivity contribution in [2.24, 2.45) is 5.92 Å². The molecule has 104 valence electrons. The summed E-state index contributed by atoms with van der Waals surface area (Å²) in [7, 11) is 0. The van der Waals surface area contributed by atoms with E-state index in [2.05, 4.69) is 47.3 Å². The topological polar surface area (TPSA) is 28.2 Å². The number of pyridine rings is 1. The summed E-state index contributed by atoms with van der Waals surface area (Å²) in [4.78, 5) is 6.72. The minimum Gasteiger partial charge on any atom is -0.353 e. The van der Waals surface area contributed by atoms with Crippen molar-refractivity contribution < 1.29 is 0 Å². The molecule has 1 aliphatic rings. The van der Waals surface area contributed by atoms with E-state index >= 15 is 0 Å². The summed E-state index contributed by atoms with van der Waals surface area (Å²) in [5, 5.41) is 4.17. The number of halogens is 1. The highest BCUT2D eigenvalue weighted by Crippen LogP contribution is 2.21. The van der Waals surface area contributed by atoms with Crippen molar-refractivity contribution in [3.63, 3.8) is 0 Å². The van der Waals surface area contributed by atoms with Crippen molar-refractivity contribution in [2.45, 2.75) is 26.8 Å². The van der Waals surface area contributed by atoms with Gasteiger partial charge in [0, 0.05) is 25.8 Å². The average Bonchev–Trinajstić information content (AvgIpc) is 2.41. The molecule has 19 heavy (non-hydrogen) atoms. The zero-order chi connectivity index (χ0) is 13.7. The monoisotopic (exact) mass is 279 g/mol. The van der Waals surface area contributed by atoms with Gasteiger partial charge < -0.3 is 10.2 Å². The van der Waals surface area contributed by atoms with E-state index in [9.17, 15) is 0 Å². The minimum atomic E-state index is 0.646. The van der Waals surface area contributed by atoms with Crippen molar-refractivity contribution >= 4 is 17.4 Å². The number of anilines is 1. The van der Waals surface area contributed by atoms with Gasteiger partial charge in [-0.25, -0.2) is 4.98 Å². The van der Waals surface area contributed by atoms with Gasteiger partial charge in [0.25, 0.3) is 0 Å². The molecule has 0 unspecified atom stereocenters. The summed E-state index contributed by atoms with van der Waals surface area (Å²) in [6, 6.07) is 2.11. The molecule has 0 aliphatic carbocycles. The van der Waals surface area contributed by atoms with Crippen LogP contribution in [0.4, 0.5) is 5.82 Å². The Bertz CT molecular complexity index is 443. The Kier molecular flexibility index (Phi) is 5.23. The second-order valence-corrected chi connectivity index (χ2v) is 5.77. The fraction of sp³-hybridized carbons (Fsp3) is 0.533. The molecule has 0 bridgehead atoms. The highest BCUT2D eigenvalue weighted by atomic mass is 35.5. The molecule has 0 saturated carbocycles. The Morgan fingerprint density at radius 3 is 2.95 bits per heavy atom. The Morgan fingerprint density at radius 2 is 2.26 bits per heavy atom. The third kappa shape index (κ3) is 4.22. The molecule has 0 spiro atoms. The van der Waals surface area contributed by atoms with Crippen LogP contribution in [0.5, 0.6) is 0 Å². The highest BCUT2D eigenvalue weighted by molar-refractivity contribution is 6.31. The van der Waals surface area contributed by atoms with Gasteiger partial charge in [-0.15, -0.1) is 0 Å². The Balaban J connectivity index is 2.03. The van der Waals surface area contributed by atoms with Gasteiger partial charge in [-0.05, 0) is 30.5 Å². The van der Waals surface area contributed by atoms with E-state index in [0.717, 1.165) is 49.0 Å². The molecule has 0 amide bonds. The number of rotatable bonds is 5. The molecular formula is C15H22ClN3. The normalized spacial score (nSPS) is 15.3. The Labute approximate surface area is 120 Å². The second kappa shape index (κ2) is 6.92. The second-order valence-electron chi connectivity index (χ2n) is 5.36. The fourth-order valence-corrected chi connectivity index (χ4v) is 2.29. The quantitative estimate of drug-likeness (QED) is 0.839. The van der Waals surface area contributed by atoms with Crippen LogP contribution in [0.25, 0.3) is 0 Å². The number of hydrogen-bond donors (Lipinski definition) is 1. The molecule has 1 aromatic rings. The molecule has 0 saturated heterocycles. The lowest BCUT2D eigenvalue weighted by atomic mass is 10.2. The molecule has 1 aromatic heterocycles. The fourth-order valence-electron chi connectivity index (χ4n) is 2.12. The predicted molar refractivity (Wildman–Crippen MR) is 81.8 cm³/mol. The van der Waals surface area contributed by atoms with Gasteiger partial charge in [-0.1, -0.05) is 37.6 Å². The van der Waals surface area contributed by atoms with E-state index < -0.39 is 0 Å². The first-order valence-corrected chi connectivity index (χ1v) is 7.29. The van der Waals surface area contributed by atoms with Gasteiger partial charge in [0.2, 0.25) is 0 Å². The molecule has 3 nitrogen and oxygen atoms in total. The zero-order valence-electron chi connectivity index (χ0n) is 11.7. The van der Waals surface area contributed by atoms with Crippen LogP contribution in [-0.2, 0) is 6.54 Å². The van der Waals surface area contributed by atoms with Crippen LogP contribution in [0.2, 0.25) is 5.02 Å². The first-order valence-electron chi connectivity index (χ1n) is 6.92. The summed E-state index contributed by atoms with van der Waals surface area (Å²) in [5.74, 6) is 1.67. The van der Waals surface area contributed by atoms with Crippen LogP contribution >= 0.6 is 11.6 Å². The van der Waals surface area contributed by atoms with E-state index in [1.54, 1.807) is 6.20 Å². The van der Waals surface area contributed by atoms with Crippen LogP contribution in [0, 0.1) is 5.92 Å². The molecule has 0 fully saturated rings. The first-order chi connectivity index (χ1) is 9.16. The van der Waals surface area contributed by atoms with Gasteiger partial charge in [0.05, 0.1) is 5.02 Å². The smallest absolute Gasteiger partial charge is 0.129 e. The van der Waals surface area contributed by atoms with E-state index in [-0.39, 0.29) is 0 Å². The van der Waals surface area contributed by atoms with Crippen molar-refractivity contribution in [3.8, 4) is 0 Å². The van der Waals surface area contributed by atoms with Gasteiger partial charge in [0.15, 0.2) is 0 Å². The molecule has 0 aromatic carbocycles. The molecule has 1 aliphatic heterocycles. The lowest BCUT2D eigenvalue weighted by Crippen LogP contribution is -2.28. The van der Waals surface area contributed by atoms with Crippen LogP contribution in [0.3, 0.4) is 0 Å². The van der Waals surface area contributed by atoms with Gasteiger partial charge >= 0.3 is 0 Å². The Morgan fingerprint density at radius 1 is 1.42 bits per heavy atom. The van der Waals surface area contributed by atoms with Crippen LogP contribution in [0.1, 0.15) is 25.8 Å². The van der Waals surface area contributed by atoms with Gasteiger partial charge in [-0.3, -0.25) is 0 Å². The summed E-state index contributed by atoms with van der Waals surface area (Å²) in [6.07, 6.45) is 7.26. The van der Waals surface area contributed by atoms with Crippen molar-refractivity contribution in [3.05, 3.63) is 35.0 Å². The van der Waals surface area contributed by atoms with Crippen LogP contribution in [-0.4, -0.2) is 24.6 Å². The van der Waals surface area contributed by atoms with E-state index in [4.69, 9.17) is 11.6 Å². The number of nitrogens with zero attached hydrogens (tertiary/aromatic N) is 2. The van der Waals surface area contributed by atoms with Crippen LogP contribution < -0.4 is 10.2 Å². The zero-order valence-corrected chi connectivity index (χ0v) is 12.5. The molecule has 0 atom stereocenters. The summed E-state index contributed by atoms with van der Waals surface area (Å²) >= 11 is 6.22. The maximum absolute atomic E-state index is 6.22. The minimum absolute atomic E-state index is 0.646. The van der Waals surface area contributed by atoms with E-state index in [1.165, 1.54) is 0 Å². The molecular weight excluding hydrogens is 258 g/mol. The molecule has 0 radical (unpaired) electrons. The van der Waals surface area contributed by atoms with Gasteiger partial charge in [-0.2, -0.15) is 0 Å².